The summed E-state index contributed by atoms with van der Waals surface area (Å²) in [6.07, 6.45) is 0. The van der Waals surface area contributed by atoms with Gasteiger partial charge in [-0.15, -0.1) is 23.2 Å². The van der Waals surface area contributed by atoms with Gasteiger partial charge in [-0.05, 0) is 88.8 Å². The Hall–Kier alpha value is -1.58. The number of amides is 2. The number of halogens is 6. The second kappa shape index (κ2) is 9.58. The number of rotatable bonds is 5. The molecular weight excluding hydrogens is 624 g/mol. The summed E-state index contributed by atoms with van der Waals surface area (Å²) in [6, 6.07) is 15.3. The van der Waals surface area contributed by atoms with E-state index >= 15 is 0 Å². The smallest absolute Gasteiger partial charge is 0.256 e. The lowest BCUT2D eigenvalue weighted by molar-refractivity contribution is -0.117. The number of hydrogen-bond donors (Lipinski definition) is 2. The topological polar surface area (TPSA) is 58.2 Å². The minimum atomic E-state index is -1.32. The summed E-state index contributed by atoms with van der Waals surface area (Å²) in [5.74, 6) is -2.41. The summed E-state index contributed by atoms with van der Waals surface area (Å²) < 4.78 is 12.5. The van der Waals surface area contributed by atoms with Gasteiger partial charge in [0.05, 0.1) is 11.5 Å². The summed E-state index contributed by atoms with van der Waals surface area (Å²) in [5, 5.41) is 6.32. The second-order valence-electron chi connectivity index (χ2n) is 7.48. The van der Waals surface area contributed by atoms with Crippen LogP contribution in [0.2, 0.25) is 10.0 Å². The van der Waals surface area contributed by atoms with Crippen LogP contribution in [0, 0.1) is 15.3 Å². The van der Waals surface area contributed by atoms with Crippen LogP contribution in [-0.4, -0.2) is 16.1 Å². The van der Waals surface area contributed by atoms with E-state index in [-0.39, 0.29) is 0 Å². The molecule has 0 bridgehead atoms. The molecule has 1 fully saturated rings. The predicted octanol–water partition coefficient (Wildman–Crippen LogP) is 7.52. The second-order valence-corrected chi connectivity index (χ2v) is 11.0. The molecule has 33 heavy (non-hydrogen) atoms. The van der Waals surface area contributed by atoms with Crippen LogP contribution in [0.15, 0.2) is 60.7 Å². The van der Waals surface area contributed by atoms with Crippen molar-refractivity contribution >= 4 is 92.2 Å². The number of carbonyl (C=O) groups excluding carboxylic acids is 2. The summed E-state index contributed by atoms with van der Waals surface area (Å²) >= 11 is 27.0. The molecule has 1 aliphatic carbocycles. The highest BCUT2D eigenvalue weighted by Crippen LogP contribution is 2.65. The molecule has 170 valence electrons. The Bertz CT molecular complexity index is 1230. The molecule has 1 aliphatic rings. The lowest BCUT2D eigenvalue weighted by Crippen LogP contribution is -2.18. The molecule has 10 heteroatoms. The average molecular weight is 638 g/mol. The molecule has 0 spiro atoms. The highest BCUT2D eigenvalue weighted by atomic mass is 127. The number of alkyl halides is 2. The Morgan fingerprint density at radius 2 is 1.48 bits per heavy atom. The van der Waals surface area contributed by atoms with Crippen LogP contribution < -0.4 is 10.6 Å². The Kier molecular flexibility index (Phi) is 7.13. The molecule has 3 aromatic carbocycles. The standard InChI is InChI=1S/C23H14Cl4FIN2O2/c24-12-7-11(8-13(25)9-12)19-20(23(19,26)27)22(33)31-16-5-6-18(29)17(10-16)21(32)30-15-3-1-14(28)2-4-15/h1-10,19-20H,(H,30,32)(H,31,33)/t19-,20+/m1/s1. The average Bonchev–Trinajstić information content (AvgIpc) is 3.32. The normalized spacial score (nSPS) is 18.5. The number of anilines is 2. The van der Waals surface area contributed by atoms with E-state index in [2.05, 4.69) is 10.6 Å². The van der Waals surface area contributed by atoms with Crippen molar-refractivity contribution in [2.24, 2.45) is 5.92 Å². The van der Waals surface area contributed by atoms with E-state index in [0.717, 1.165) is 0 Å². The molecule has 2 atom stereocenters. The maximum atomic E-state index is 13.1. The van der Waals surface area contributed by atoms with E-state index in [1.807, 2.05) is 22.6 Å². The molecule has 0 heterocycles. The van der Waals surface area contributed by atoms with E-state index in [9.17, 15) is 14.0 Å². The molecule has 0 aromatic heterocycles. The van der Waals surface area contributed by atoms with E-state index in [0.29, 0.717) is 36.1 Å². The van der Waals surface area contributed by atoms with Gasteiger partial charge in [-0.3, -0.25) is 9.59 Å². The fourth-order valence-electron chi connectivity index (χ4n) is 3.55. The Morgan fingerprint density at radius 1 is 0.879 bits per heavy atom. The molecule has 0 unspecified atom stereocenters. The third-order valence-corrected chi connectivity index (χ3v) is 7.48. The summed E-state index contributed by atoms with van der Waals surface area (Å²) in [7, 11) is 0. The first-order valence-corrected chi connectivity index (χ1v) is 12.2. The van der Waals surface area contributed by atoms with Crippen molar-refractivity contribution in [1.29, 1.82) is 0 Å². The van der Waals surface area contributed by atoms with Gasteiger partial charge in [-0.2, -0.15) is 0 Å². The van der Waals surface area contributed by atoms with Gasteiger partial charge in [0, 0.05) is 30.9 Å². The number of hydrogen-bond acceptors (Lipinski definition) is 2. The quantitative estimate of drug-likeness (QED) is 0.225. The van der Waals surface area contributed by atoms with Crippen molar-refractivity contribution in [3.8, 4) is 0 Å². The van der Waals surface area contributed by atoms with Crippen molar-refractivity contribution in [2.75, 3.05) is 10.6 Å². The molecule has 0 saturated heterocycles. The van der Waals surface area contributed by atoms with E-state index in [1.165, 1.54) is 24.3 Å². The maximum Gasteiger partial charge on any atom is 0.256 e. The fraction of sp³-hybridized carbons (Fsp3) is 0.130. The lowest BCUT2D eigenvalue weighted by Gasteiger charge is -2.10. The number of nitrogens with one attached hydrogen (secondary N) is 2. The molecule has 4 rings (SSSR count). The van der Waals surface area contributed by atoms with Gasteiger partial charge in [0.2, 0.25) is 5.91 Å². The SMILES string of the molecule is O=C(Nc1ccc(F)cc1)c1cc(NC(=O)[C@@H]2[C@@H](c3cc(Cl)cc(Cl)c3)C2(Cl)Cl)ccc1I. The molecule has 0 radical (unpaired) electrons. The predicted molar refractivity (Wildman–Crippen MR) is 139 cm³/mol. The fourth-order valence-corrected chi connectivity index (χ4v) is 5.50. The molecule has 2 amide bonds. The lowest BCUT2D eigenvalue weighted by atomic mass is 10.1. The van der Waals surface area contributed by atoms with Crippen molar-refractivity contribution in [1.82, 2.24) is 0 Å². The zero-order valence-corrected chi connectivity index (χ0v) is 21.7. The molecule has 0 aliphatic heterocycles. The zero-order chi connectivity index (χ0) is 23.9. The highest BCUT2D eigenvalue weighted by molar-refractivity contribution is 14.1. The van der Waals surface area contributed by atoms with Gasteiger partial charge in [0.15, 0.2) is 0 Å². The minimum absolute atomic E-state index is 0.342. The van der Waals surface area contributed by atoms with Crippen LogP contribution >= 0.6 is 69.0 Å². The van der Waals surface area contributed by atoms with Gasteiger partial charge in [0.1, 0.15) is 10.2 Å². The molecule has 4 nitrogen and oxygen atoms in total. The van der Waals surface area contributed by atoms with Crippen molar-refractivity contribution < 1.29 is 14.0 Å². The van der Waals surface area contributed by atoms with Gasteiger partial charge in [-0.25, -0.2) is 4.39 Å². The third kappa shape index (κ3) is 5.41. The van der Waals surface area contributed by atoms with Crippen LogP contribution in [0.1, 0.15) is 21.8 Å². The highest BCUT2D eigenvalue weighted by Gasteiger charge is 2.67. The van der Waals surface area contributed by atoms with Crippen molar-refractivity contribution in [3.63, 3.8) is 0 Å². The maximum absolute atomic E-state index is 13.1. The van der Waals surface area contributed by atoms with Crippen LogP contribution in [0.3, 0.4) is 0 Å². The molecule has 3 aromatic rings. The van der Waals surface area contributed by atoms with Gasteiger partial charge < -0.3 is 10.6 Å². The summed E-state index contributed by atoms with van der Waals surface area (Å²) in [6.45, 7) is 0. The van der Waals surface area contributed by atoms with Gasteiger partial charge in [-0.1, -0.05) is 23.2 Å². The summed E-state index contributed by atoms with van der Waals surface area (Å²) in [5.41, 5.74) is 1.86. The first-order valence-electron chi connectivity index (χ1n) is 9.57. The van der Waals surface area contributed by atoms with E-state index in [4.69, 9.17) is 46.4 Å². The molecule has 1 saturated carbocycles. The minimum Gasteiger partial charge on any atom is -0.326 e. The largest absolute Gasteiger partial charge is 0.326 e. The van der Waals surface area contributed by atoms with Gasteiger partial charge >= 0.3 is 0 Å². The number of carbonyl (C=O) groups is 2. The Balaban J connectivity index is 1.50. The first kappa shape index (κ1) is 24.5. The van der Waals surface area contributed by atoms with Crippen LogP contribution in [0.25, 0.3) is 0 Å². The zero-order valence-electron chi connectivity index (χ0n) is 16.5. The van der Waals surface area contributed by atoms with Gasteiger partial charge in [0.25, 0.3) is 5.91 Å². The van der Waals surface area contributed by atoms with Crippen LogP contribution in [0.5, 0.6) is 0 Å². The van der Waals surface area contributed by atoms with E-state index in [1.54, 1.807) is 36.4 Å². The van der Waals surface area contributed by atoms with Crippen molar-refractivity contribution in [2.45, 2.75) is 10.3 Å². The third-order valence-electron chi connectivity index (χ3n) is 5.16. The van der Waals surface area contributed by atoms with E-state index < -0.39 is 33.8 Å². The molecular formula is C23H14Cl4FIN2O2. The molecule has 2 N–H and O–H groups in total. The van der Waals surface area contributed by atoms with Crippen LogP contribution in [-0.2, 0) is 4.79 Å². The first-order chi connectivity index (χ1) is 15.6. The number of benzene rings is 3. The monoisotopic (exact) mass is 636 g/mol. The Morgan fingerprint density at radius 3 is 2.12 bits per heavy atom. The summed E-state index contributed by atoms with van der Waals surface area (Å²) in [4.78, 5) is 25.7. The van der Waals surface area contributed by atoms with Crippen molar-refractivity contribution in [3.05, 3.63) is 91.2 Å². The Labute approximate surface area is 222 Å². The van der Waals surface area contributed by atoms with Crippen LogP contribution in [0.4, 0.5) is 15.8 Å².